The molecule has 5 aromatic rings. The molecule has 5 rings (SSSR count). The van der Waals surface area contributed by atoms with Crippen LogP contribution in [0, 0.1) is 0 Å². The monoisotopic (exact) mass is 422 g/mol. The Morgan fingerprint density at radius 2 is 1.47 bits per heavy atom. The van der Waals surface area contributed by atoms with Crippen molar-refractivity contribution in [2.75, 3.05) is 0 Å². The summed E-state index contributed by atoms with van der Waals surface area (Å²) < 4.78 is 12.7. The van der Waals surface area contributed by atoms with Crippen molar-refractivity contribution in [3.05, 3.63) is 109 Å². The highest BCUT2D eigenvalue weighted by Crippen LogP contribution is 2.22. The van der Waals surface area contributed by atoms with Crippen LogP contribution in [0.2, 0.25) is 0 Å². The van der Waals surface area contributed by atoms with Gasteiger partial charge in [-0.2, -0.15) is 0 Å². The number of nitrogens with zero attached hydrogens (tertiary/aromatic N) is 4. The van der Waals surface area contributed by atoms with Crippen LogP contribution in [0.4, 0.5) is 0 Å². The van der Waals surface area contributed by atoms with Gasteiger partial charge in [-0.1, -0.05) is 78.9 Å². The molecule has 0 spiro atoms. The van der Waals surface area contributed by atoms with Crippen LogP contribution in [0.5, 0.6) is 0 Å². The van der Waals surface area contributed by atoms with Crippen molar-refractivity contribution in [3.8, 4) is 28.4 Å². The average molecular weight is 422 g/mol. The number of aromatic nitrogens is 4. The van der Waals surface area contributed by atoms with Crippen LogP contribution in [-0.4, -0.2) is 25.7 Å². The van der Waals surface area contributed by atoms with E-state index in [1.165, 1.54) is 0 Å². The van der Waals surface area contributed by atoms with Crippen LogP contribution in [0.25, 0.3) is 28.4 Å². The molecule has 0 unspecified atom stereocenters. The van der Waals surface area contributed by atoms with Gasteiger partial charge in [-0.05, 0) is 12.1 Å². The molecule has 0 atom stereocenters. The first-order valence-electron chi connectivity index (χ1n) is 10.0. The number of ether oxygens (including phenoxy) is 1. The standard InChI is InChI=1S/C25H18N4O3/c30-25(31-17-22-26-16-21(32-22)18-10-4-1-5-11-18)23-27-24(19-12-6-2-7-13-19)29(28-23)20-14-8-3-9-15-20/h1-16H,17H2. The van der Waals surface area contributed by atoms with Crippen molar-refractivity contribution in [1.29, 1.82) is 0 Å². The fourth-order valence-corrected chi connectivity index (χ4v) is 3.23. The number of oxazole rings is 1. The highest BCUT2D eigenvalue weighted by atomic mass is 16.5. The topological polar surface area (TPSA) is 83.0 Å². The van der Waals surface area contributed by atoms with Gasteiger partial charge in [-0.25, -0.2) is 19.4 Å². The average Bonchev–Trinajstić information content (AvgIpc) is 3.52. The van der Waals surface area contributed by atoms with Crippen molar-refractivity contribution in [1.82, 2.24) is 19.7 Å². The van der Waals surface area contributed by atoms with Gasteiger partial charge in [0.25, 0.3) is 5.82 Å². The summed E-state index contributed by atoms with van der Waals surface area (Å²) in [7, 11) is 0. The van der Waals surface area contributed by atoms with Crippen molar-refractivity contribution in [2.24, 2.45) is 0 Å². The van der Waals surface area contributed by atoms with Gasteiger partial charge in [-0.15, -0.1) is 5.10 Å². The molecule has 3 aromatic carbocycles. The third-order valence-electron chi connectivity index (χ3n) is 4.76. The van der Waals surface area contributed by atoms with Gasteiger partial charge in [0.15, 0.2) is 18.2 Å². The Balaban J connectivity index is 1.37. The number of hydrogen-bond donors (Lipinski definition) is 0. The first kappa shape index (κ1) is 19.4. The number of carbonyl (C=O) groups excluding carboxylic acids is 1. The number of rotatable bonds is 6. The molecular formula is C25H18N4O3. The maximum absolute atomic E-state index is 12.7. The summed E-state index contributed by atoms with van der Waals surface area (Å²) in [5, 5.41) is 4.40. The van der Waals surface area contributed by atoms with Crippen molar-refractivity contribution < 1.29 is 13.9 Å². The summed E-state index contributed by atoms with van der Waals surface area (Å²) >= 11 is 0. The van der Waals surface area contributed by atoms with Crippen molar-refractivity contribution in [3.63, 3.8) is 0 Å². The van der Waals surface area contributed by atoms with Gasteiger partial charge in [0.2, 0.25) is 5.89 Å². The minimum Gasteiger partial charge on any atom is -0.450 e. The molecule has 0 fully saturated rings. The molecule has 0 saturated carbocycles. The van der Waals surface area contributed by atoms with E-state index in [2.05, 4.69) is 15.1 Å². The van der Waals surface area contributed by atoms with Crippen LogP contribution in [0.15, 0.2) is 102 Å². The zero-order chi connectivity index (χ0) is 21.8. The van der Waals surface area contributed by atoms with E-state index in [9.17, 15) is 4.79 Å². The molecule has 0 aliphatic carbocycles. The molecular weight excluding hydrogens is 404 g/mol. The predicted octanol–water partition coefficient (Wildman–Crippen LogP) is 4.95. The Kier molecular flexibility index (Phi) is 5.28. The molecule has 0 amide bonds. The first-order valence-corrected chi connectivity index (χ1v) is 10.0. The van der Waals surface area contributed by atoms with E-state index in [1.54, 1.807) is 10.9 Å². The van der Waals surface area contributed by atoms with Crippen molar-refractivity contribution >= 4 is 5.97 Å². The lowest BCUT2D eigenvalue weighted by Gasteiger charge is -2.05. The number of hydrogen-bond acceptors (Lipinski definition) is 6. The third-order valence-corrected chi connectivity index (χ3v) is 4.76. The lowest BCUT2D eigenvalue weighted by atomic mass is 10.2. The zero-order valence-electron chi connectivity index (χ0n) is 17.0. The molecule has 156 valence electrons. The molecule has 0 N–H and O–H groups in total. The SMILES string of the molecule is O=C(OCc1ncc(-c2ccccc2)o1)c1nc(-c2ccccc2)n(-c2ccccc2)n1. The molecule has 0 aliphatic rings. The van der Waals surface area contributed by atoms with E-state index in [1.807, 2.05) is 91.0 Å². The lowest BCUT2D eigenvalue weighted by Crippen LogP contribution is -2.08. The van der Waals surface area contributed by atoms with Crippen LogP contribution < -0.4 is 0 Å². The Morgan fingerprint density at radius 3 is 2.16 bits per heavy atom. The fraction of sp³-hybridized carbons (Fsp3) is 0.0400. The molecule has 0 radical (unpaired) electrons. The summed E-state index contributed by atoms with van der Waals surface area (Å²) in [4.78, 5) is 21.3. The van der Waals surface area contributed by atoms with Gasteiger partial charge in [0, 0.05) is 11.1 Å². The van der Waals surface area contributed by atoms with Crippen LogP contribution >= 0.6 is 0 Å². The second kappa shape index (κ2) is 8.69. The minimum atomic E-state index is -0.656. The second-order valence-electron chi connectivity index (χ2n) is 6.93. The molecule has 7 nitrogen and oxygen atoms in total. The van der Waals surface area contributed by atoms with Gasteiger partial charge < -0.3 is 9.15 Å². The first-order chi connectivity index (χ1) is 15.8. The van der Waals surface area contributed by atoms with Gasteiger partial charge in [-0.3, -0.25) is 0 Å². The highest BCUT2D eigenvalue weighted by molar-refractivity contribution is 5.86. The number of benzene rings is 3. The number of para-hydroxylation sites is 1. The number of carbonyl (C=O) groups is 1. The Hall–Kier alpha value is -4.52. The summed E-state index contributed by atoms with van der Waals surface area (Å²) in [5.74, 6) is 0.752. The lowest BCUT2D eigenvalue weighted by molar-refractivity contribution is 0.0424. The predicted molar refractivity (Wildman–Crippen MR) is 118 cm³/mol. The largest absolute Gasteiger partial charge is 0.450 e. The molecule has 2 aromatic heterocycles. The zero-order valence-corrected chi connectivity index (χ0v) is 17.0. The normalized spacial score (nSPS) is 10.8. The van der Waals surface area contributed by atoms with E-state index in [0.717, 1.165) is 16.8 Å². The molecule has 0 bridgehead atoms. The van der Waals surface area contributed by atoms with Crippen LogP contribution in [-0.2, 0) is 11.3 Å². The van der Waals surface area contributed by atoms with Crippen molar-refractivity contribution in [2.45, 2.75) is 6.61 Å². The van der Waals surface area contributed by atoms with E-state index in [-0.39, 0.29) is 12.4 Å². The van der Waals surface area contributed by atoms with E-state index in [4.69, 9.17) is 9.15 Å². The molecule has 0 saturated heterocycles. The molecule has 0 aliphatic heterocycles. The summed E-state index contributed by atoms with van der Waals surface area (Å²) in [5.41, 5.74) is 2.52. The molecule has 7 heteroatoms. The van der Waals surface area contributed by atoms with Crippen LogP contribution in [0.3, 0.4) is 0 Å². The summed E-state index contributed by atoms with van der Waals surface area (Å²) in [6.45, 7) is -0.119. The molecule has 32 heavy (non-hydrogen) atoms. The second-order valence-corrected chi connectivity index (χ2v) is 6.93. The Morgan fingerprint density at radius 1 is 0.844 bits per heavy atom. The summed E-state index contributed by atoms with van der Waals surface area (Å²) in [6.07, 6.45) is 1.61. The maximum Gasteiger partial charge on any atom is 0.378 e. The molecule has 2 heterocycles. The van der Waals surface area contributed by atoms with Crippen LogP contribution in [0.1, 0.15) is 16.5 Å². The number of esters is 1. The van der Waals surface area contributed by atoms with Gasteiger partial charge in [0.05, 0.1) is 11.9 Å². The Bertz CT molecular complexity index is 1270. The van der Waals surface area contributed by atoms with E-state index in [0.29, 0.717) is 17.5 Å². The van der Waals surface area contributed by atoms with E-state index >= 15 is 0 Å². The minimum absolute atomic E-state index is 0.0393. The Labute approximate surface area is 184 Å². The summed E-state index contributed by atoms with van der Waals surface area (Å²) in [6, 6.07) is 28.7. The fourth-order valence-electron chi connectivity index (χ4n) is 3.23. The van der Waals surface area contributed by atoms with E-state index < -0.39 is 5.97 Å². The third kappa shape index (κ3) is 4.04. The quantitative estimate of drug-likeness (QED) is 0.360. The highest BCUT2D eigenvalue weighted by Gasteiger charge is 2.20. The van der Waals surface area contributed by atoms with Gasteiger partial charge in [0.1, 0.15) is 0 Å². The maximum atomic E-state index is 12.7. The smallest absolute Gasteiger partial charge is 0.378 e. The van der Waals surface area contributed by atoms with Gasteiger partial charge >= 0.3 is 5.97 Å².